The highest BCUT2D eigenvalue weighted by molar-refractivity contribution is 5.54. The summed E-state index contributed by atoms with van der Waals surface area (Å²) in [7, 11) is 0. The molecule has 1 aliphatic heterocycles. The van der Waals surface area contributed by atoms with Crippen LogP contribution in [0.15, 0.2) is 57.1 Å². The molecular weight excluding hydrogens is 292 g/mol. The van der Waals surface area contributed by atoms with E-state index in [1.54, 1.807) is 6.07 Å². The first-order valence-corrected chi connectivity index (χ1v) is 7.45. The monoisotopic (exact) mass is 308 g/mol. The van der Waals surface area contributed by atoms with Crippen LogP contribution < -0.4 is 16.1 Å². The van der Waals surface area contributed by atoms with Gasteiger partial charge in [-0.25, -0.2) is 4.79 Å². The van der Waals surface area contributed by atoms with Gasteiger partial charge >= 0.3 is 5.63 Å². The van der Waals surface area contributed by atoms with E-state index in [2.05, 4.69) is 6.07 Å². The largest absolute Gasteiger partial charge is 0.440 e. The summed E-state index contributed by atoms with van der Waals surface area (Å²) in [6.07, 6.45) is 1.48. The third-order valence-corrected chi connectivity index (χ3v) is 3.81. The van der Waals surface area contributed by atoms with Gasteiger partial charge in [-0.2, -0.15) is 5.26 Å². The van der Waals surface area contributed by atoms with Crippen LogP contribution in [-0.2, 0) is 6.42 Å². The molecule has 5 heteroatoms. The second kappa shape index (κ2) is 6.01. The van der Waals surface area contributed by atoms with E-state index < -0.39 is 11.5 Å². The van der Waals surface area contributed by atoms with Crippen LogP contribution in [0.5, 0.6) is 5.75 Å². The van der Waals surface area contributed by atoms with Crippen molar-refractivity contribution >= 4 is 0 Å². The zero-order valence-electron chi connectivity index (χ0n) is 12.7. The lowest BCUT2D eigenvalue weighted by Crippen LogP contribution is -2.26. The Morgan fingerprint density at radius 2 is 2.04 bits per heavy atom. The molecule has 0 spiro atoms. The van der Waals surface area contributed by atoms with Gasteiger partial charge in [0, 0.05) is 12.5 Å². The third-order valence-electron chi connectivity index (χ3n) is 3.81. The van der Waals surface area contributed by atoms with Gasteiger partial charge in [-0.05, 0) is 12.0 Å². The summed E-state index contributed by atoms with van der Waals surface area (Å²) in [6, 6.07) is 13.0. The van der Waals surface area contributed by atoms with Crippen LogP contribution in [-0.4, -0.2) is 0 Å². The third kappa shape index (κ3) is 2.59. The Balaban J connectivity index is 2.24. The van der Waals surface area contributed by atoms with Gasteiger partial charge < -0.3 is 14.9 Å². The van der Waals surface area contributed by atoms with Crippen LogP contribution in [0.25, 0.3) is 0 Å². The molecule has 0 saturated carbocycles. The maximum absolute atomic E-state index is 12.5. The topological polar surface area (TPSA) is 89.2 Å². The maximum Gasteiger partial charge on any atom is 0.343 e. The highest BCUT2D eigenvalue weighted by atomic mass is 16.5. The summed E-state index contributed by atoms with van der Waals surface area (Å²) in [5, 5.41) is 9.45. The maximum atomic E-state index is 12.5. The Bertz CT molecular complexity index is 860. The number of hydrogen-bond acceptors (Lipinski definition) is 5. The molecule has 1 atom stereocenters. The van der Waals surface area contributed by atoms with Crippen LogP contribution in [0, 0.1) is 11.3 Å². The van der Waals surface area contributed by atoms with Crippen molar-refractivity contribution in [3.8, 4) is 11.8 Å². The van der Waals surface area contributed by atoms with Gasteiger partial charge in [0.25, 0.3) is 0 Å². The molecule has 23 heavy (non-hydrogen) atoms. The van der Waals surface area contributed by atoms with E-state index in [0.29, 0.717) is 23.5 Å². The number of aryl methyl sites for hydroxylation is 1. The van der Waals surface area contributed by atoms with Crippen molar-refractivity contribution < 1.29 is 9.15 Å². The van der Waals surface area contributed by atoms with Crippen molar-refractivity contribution in [2.24, 2.45) is 5.73 Å². The fourth-order valence-corrected chi connectivity index (χ4v) is 2.80. The summed E-state index contributed by atoms with van der Waals surface area (Å²) < 4.78 is 10.9. The van der Waals surface area contributed by atoms with Crippen molar-refractivity contribution in [2.45, 2.75) is 25.7 Å². The number of benzene rings is 1. The fourth-order valence-electron chi connectivity index (χ4n) is 2.80. The van der Waals surface area contributed by atoms with Crippen LogP contribution in [0.4, 0.5) is 0 Å². The van der Waals surface area contributed by atoms with Gasteiger partial charge in [0.1, 0.15) is 23.2 Å². The minimum atomic E-state index is -0.572. The lowest BCUT2D eigenvalue weighted by atomic mass is 9.84. The molecule has 0 saturated heterocycles. The molecule has 116 valence electrons. The molecular formula is C18H16N2O3. The molecule has 2 heterocycles. The highest BCUT2D eigenvalue weighted by Gasteiger charge is 2.34. The van der Waals surface area contributed by atoms with Crippen molar-refractivity contribution in [1.82, 2.24) is 0 Å². The Labute approximate surface area is 133 Å². The minimum absolute atomic E-state index is 0.0295. The molecule has 0 bridgehead atoms. The van der Waals surface area contributed by atoms with Gasteiger partial charge in [0.2, 0.25) is 5.88 Å². The zero-order chi connectivity index (χ0) is 16.4. The quantitative estimate of drug-likeness (QED) is 0.941. The molecule has 1 unspecified atom stereocenters. The molecule has 0 amide bonds. The van der Waals surface area contributed by atoms with E-state index in [0.717, 1.165) is 12.0 Å². The zero-order valence-corrected chi connectivity index (χ0v) is 12.7. The van der Waals surface area contributed by atoms with Crippen LogP contribution in [0.1, 0.15) is 36.1 Å². The van der Waals surface area contributed by atoms with E-state index in [-0.39, 0.29) is 11.5 Å². The van der Waals surface area contributed by atoms with Gasteiger partial charge in [0.05, 0.1) is 11.5 Å². The van der Waals surface area contributed by atoms with E-state index in [9.17, 15) is 10.1 Å². The van der Waals surface area contributed by atoms with E-state index in [1.807, 2.05) is 37.3 Å². The van der Waals surface area contributed by atoms with Gasteiger partial charge in [-0.1, -0.05) is 37.3 Å². The smallest absolute Gasteiger partial charge is 0.343 e. The van der Waals surface area contributed by atoms with Crippen LogP contribution in [0.3, 0.4) is 0 Å². The average Bonchev–Trinajstić information content (AvgIpc) is 2.54. The van der Waals surface area contributed by atoms with E-state index in [1.165, 1.54) is 0 Å². The Hall–Kier alpha value is -3.00. The summed E-state index contributed by atoms with van der Waals surface area (Å²) in [5.41, 5.74) is 6.76. The first-order chi connectivity index (χ1) is 11.2. The van der Waals surface area contributed by atoms with Gasteiger partial charge in [-0.3, -0.25) is 0 Å². The second-order valence-electron chi connectivity index (χ2n) is 5.36. The lowest BCUT2D eigenvalue weighted by molar-refractivity contribution is 0.367. The molecule has 1 aromatic heterocycles. The molecule has 1 aromatic carbocycles. The summed E-state index contributed by atoms with van der Waals surface area (Å²) >= 11 is 0. The number of rotatable bonds is 3. The summed E-state index contributed by atoms with van der Waals surface area (Å²) in [5.74, 6) is 0.380. The number of hydrogen-bond donors (Lipinski definition) is 1. The van der Waals surface area contributed by atoms with E-state index in [4.69, 9.17) is 14.9 Å². The van der Waals surface area contributed by atoms with E-state index >= 15 is 0 Å². The number of nitrogens with two attached hydrogens (primary N) is 1. The van der Waals surface area contributed by atoms with Crippen LogP contribution >= 0.6 is 0 Å². The lowest BCUT2D eigenvalue weighted by Gasteiger charge is -2.25. The molecule has 0 radical (unpaired) electrons. The Morgan fingerprint density at radius 1 is 1.30 bits per heavy atom. The normalized spacial score (nSPS) is 16.4. The molecule has 2 aromatic rings. The van der Waals surface area contributed by atoms with Crippen molar-refractivity contribution in [3.63, 3.8) is 0 Å². The van der Waals surface area contributed by atoms with Crippen molar-refractivity contribution in [1.29, 1.82) is 5.26 Å². The predicted octanol–water partition coefficient (Wildman–Crippen LogP) is 2.81. The SMILES string of the molecule is CCCc1cc2c(c(=O)o1)C(c1ccccc1)C(C#N)=C(N)O2. The number of ether oxygens (including phenoxy) is 1. The molecule has 2 N–H and O–H groups in total. The summed E-state index contributed by atoms with van der Waals surface area (Å²) in [4.78, 5) is 12.5. The second-order valence-corrected chi connectivity index (χ2v) is 5.36. The molecule has 5 nitrogen and oxygen atoms in total. The Kier molecular flexibility index (Phi) is 3.90. The highest BCUT2D eigenvalue weighted by Crippen LogP contribution is 2.40. The van der Waals surface area contributed by atoms with Crippen molar-refractivity contribution in [2.75, 3.05) is 0 Å². The summed E-state index contributed by atoms with van der Waals surface area (Å²) in [6.45, 7) is 2.00. The number of nitriles is 1. The first-order valence-electron chi connectivity index (χ1n) is 7.45. The van der Waals surface area contributed by atoms with Gasteiger partial charge in [-0.15, -0.1) is 0 Å². The number of allylic oxidation sites excluding steroid dienone is 1. The standard InChI is InChI=1S/C18H16N2O3/c1-2-6-12-9-14-16(18(21)22-12)15(11-7-4-3-5-8-11)13(10-19)17(20)23-14/h3-5,7-9,15H,2,6,20H2,1H3. The number of nitrogens with zero attached hydrogens (tertiary/aromatic N) is 1. The minimum Gasteiger partial charge on any atom is -0.440 e. The molecule has 1 aliphatic rings. The number of fused-ring (bicyclic) bond motifs is 1. The van der Waals surface area contributed by atoms with Crippen LogP contribution in [0.2, 0.25) is 0 Å². The average molecular weight is 308 g/mol. The fraction of sp³-hybridized carbons (Fsp3) is 0.222. The van der Waals surface area contributed by atoms with Crippen molar-refractivity contribution in [3.05, 3.63) is 75.2 Å². The van der Waals surface area contributed by atoms with Gasteiger partial charge in [0.15, 0.2) is 0 Å². The molecule has 3 rings (SSSR count). The first kappa shape index (κ1) is 14.9. The molecule has 0 fully saturated rings. The predicted molar refractivity (Wildman–Crippen MR) is 84.7 cm³/mol. The molecule has 0 aliphatic carbocycles. The Morgan fingerprint density at radius 3 is 2.70 bits per heavy atom.